The molecule has 1 aliphatic rings. The fourth-order valence-corrected chi connectivity index (χ4v) is 3.37. The molecule has 1 unspecified atom stereocenters. The molecule has 0 aromatic carbocycles. The highest BCUT2D eigenvalue weighted by Gasteiger charge is 2.15. The fourth-order valence-electron chi connectivity index (χ4n) is 2.53. The summed E-state index contributed by atoms with van der Waals surface area (Å²) in [6.45, 7) is 7.40. The molecule has 0 aliphatic carbocycles. The number of aromatic nitrogens is 1. The quantitative estimate of drug-likeness (QED) is 0.670. The van der Waals surface area contributed by atoms with Gasteiger partial charge < -0.3 is 15.8 Å². The SMILES string of the molecule is CCCCC(N)c1nc(C(=O)NCCCN2CCOCC2)cs1. The van der Waals surface area contributed by atoms with E-state index in [1.54, 1.807) is 5.38 Å². The lowest BCUT2D eigenvalue weighted by Gasteiger charge is -2.26. The minimum atomic E-state index is -0.0998. The van der Waals surface area contributed by atoms with Crippen molar-refractivity contribution in [3.8, 4) is 0 Å². The number of carbonyl (C=O) groups excluding carboxylic acids is 1. The molecule has 130 valence electrons. The summed E-state index contributed by atoms with van der Waals surface area (Å²) in [7, 11) is 0. The molecule has 1 atom stereocenters. The zero-order valence-electron chi connectivity index (χ0n) is 13.9. The Kier molecular flexibility index (Phi) is 7.94. The number of hydrogen-bond donors (Lipinski definition) is 2. The number of nitrogens with two attached hydrogens (primary N) is 1. The van der Waals surface area contributed by atoms with E-state index in [0.717, 1.165) is 63.5 Å². The fraction of sp³-hybridized carbons (Fsp3) is 0.750. The number of morpholine rings is 1. The smallest absolute Gasteiger partial charge is 0.270 e. The van der Waals surface area contributed by atoms with Crippen LogP contribution in [-0.2, 0) is 4.74 Å². The van der Waals surface area contributed by atoms with Crippen LogP contribution in [0.1, 0.15) is 54.1 Å². The predicted octanol–water partition coefficient (Wildman–Crippen LogP) is 1.79. The number of carbonyl (C=O) groups is 1. The van der Waals surface area contributed by atoms with Gasteiger partial charge in [-0.3, -0.25) is 9.69 Å². The third kappa shape index (κ3) is 6.18. The first-order valence-corrected chi connectivity index (χ1v) is 9.38. The van der Waals surface area contributed by atoms with Crippen LogP contribution in [0.2, 0.25) is 0 Å². The van der Waals surface area contributed by atoms with Gasteiger partial charge >= 0.3 is 0 Å². The molecule has 6 nitrogen and oxygen atoms in total. The Morgan fingerprint density at radius 2 is 2.26 bits per heavy atom. The highest BCUT2D eigenvalue weighted by atomic mass is 32.1. The van der Waals surface area contributed by atoms with Gasteiger partial charge in [-0.15, -0.1) is 11.3 Å². The maximum atomic E-state index is 12.1. The monoisotopic (exact) mass is 340 g/mol. The number of ether oxygens (including phenoxy) is 1. The molecule has 7 heteroatoms. The average Bonchev–Trinajstić information content (AvgIpc) is 3.07. The number of nitrogens with zero attached hydrogens (tertiary/aromatic N) is 2. The zero-order valence-corrected chi connectivity index (χ0v) is 14.7. The van der Waals surface area contributed by atoms with Crippen LogP contribution in [-0.4, -0.2) is 55.2 Å². The second kappa shape index (κ2) is 9.97. The molecule has 3 N–H and O–H groups in total. The van der Waals surface area contributed by atoms with Gasteiger partial charge in [0.05, 0.1) is 19.3 Å². The first kappa shape index (κ1) is 18.3. The van der Waals surface area contributed by atoms with Crippen LogP contribution in [0.3, 0.4) is 0 Å². The lowest BCUT2D eigenvalue weighted by molar-refractivity contribution is 0.0374. The van der Waals surface area contributed by atoms with Crippen LogP contribution in [0.15, 0.2) is 5.38 Å². The Hall–Kier alpha value is -1.02. The summed E-state index contributed by atoms with van der Waals surface area (Å²) in [6.07, 6.45) is 4.07. The standard InChI is InChI=1S/C16H28N4O2S/c1-2-3-5-13(17)16-19-14(12-23-16)15(21)18-6-4-7-20-8-10-22-11-9-20/h12-13H,2-11,17H2,1H3,(H,18,21). The van der Waals surface area contributed by atoms with Crippen molar-refractivity contribution in [1.82, 2.24) is 15.2 Å². The summed E-state index contributed by atoms with van der Waals surface area (Å²) in [6, 6.07) is -0.0529. The Morgan fingerprint density at radius 3 is 3.00 bits per heavy atom. The molecule has 2 rings (SSSR count). The molecule has 23 heavy (non-hydrogen) atoms. The van der Waals surface area contributed by atoms with Crippen LogP contribution in [0.25, 0.3) is 0 Å². The first-order valence-electron chi connectivity index (χ1n) is 8.50. The number of hydrogen-bond acceptors (Lipinski definition) is 6. The molecule has 0 bridgehead atoms. The summed E-state index contributed by atoms with van der Waals surface area (Å²) in [5.41, 5.74) is 6.59. The maximum absolute atomic E-state index is 12.1. The molecule has 1 amide bonds. The number of rotatable bonds is 9. The molecule has 1 aromatic heterocycles. The van der Waals surface area contributed by atoms with Crippen molar-refractivity contribution >= 4 is 17.2 Å². The van der Waals surface area contributed by atoms with Gasteiger partial charge in [0, 0.05) is 25.0 Å². The average molecular weight is 340 g/mol. The Bertz CT molecular complexity index is 474. The van der Waals surface area contributed by atoms with E-state index >= 15 is 0 Å². The van der Waals surface area contributed by atoms with E-state index < -0.39 is 0 Å². The third-order valence-corrected chi connectivity index (χ3v) is 4.96. The summed E-state index contributed by atoms with van der Waals surface area (Å²) in [5, 5.41) is 5.60. The van der Waals surface area contributed by atoms with E-state index in [2.05, 4.69) is 22.1 Å². The minimum Gasteiger partial charge on any atom is -0.379 e. The van der Waals surface area contributed by atoms with Crippen molar-refractivity contribution in [3.05, 3.63) is 16.1 Å². The molecule has 1 aromatic rings. The zero-order chi connectivity index (χ0) is 16.5. The van der Waals surface area contributed by atoms with E-state index in [1.807, 2.05) is 0 Å². The van der Waals surface area contributed by atoms with Crippen molar-refractivity contribution in [2.24, 2.45) is 5.73 Å². The number of thiazole rings is 1. The van der Waals surface area contributed by atoms with Gasteiger partial charge in [0.25, 0.3) is 5.91 Å². The van der Waals surface area contributed by atoms with E-state index in [1.165, 1.54) is 11.3 Å². The Balaban J connectivity index is 1.68. The maximum Gasteiger partial charge on any atom is 0.270 e. The van der Waals surface area contributed by atoms with Gasteiger partial charge in [0.1, 0.15) is 10.7 Å². The number of nitrogens with one attached hydrogen (secondary N) is 1. The van der Waals surface area contributed by atoms with Crippen LogP contribution in [0, 0.1) is 0 Å². The van der Waals surface area contributed by atoms with Crippen molar-refractivity contribution in [1.29, 1.82) is 0 Å². The molecule has 1 aliphatic heterocycles. The molecule has 2 heterocycles. The van der Waals surface area contributed by atoms with Gasteiger partial charge in [-0.1, -0.05) is 19.8 Å². The molecule has 1 saturated heterocycles. The van der Waals surface area contributed by atoms with E-state index in [-0.39, 0.29) is 11.9 Å². The largest absolute Gasteiger partial charge is 0.379 e. The van der Waals surface area contributed by atoms with Gasteiger partial charge in [-0.05, 0) is 19.4 Å². The summed E-state index contributed by atoms with van der Waals surface area (Å²) in [5.74, 6) is -0.0998. The van der Waals surface area contributed by atoms with Gasteiger partial charge in [0.2, 0.25) is 0 Å². The van der Waals surface area contributed by atoms with Gasteiger partial charge in [-0.2, -0.15) is 0 Å². The lowest BCUT2D eigenvalue weighted by Crippen LogP contribution is -2.38. The summed E-state index contributed by atoms with van der Waals surface area (Å²) in [4.78, 5) is 18.9. The van der Waals surface area contributed by atoms with Crippen molar-refractivity contribution in [2.45, 2.75) is 38.6 Å². The van der Waals surface area contributed by atoms with Gasteiger partial charge in [-0.25, -0.2) is 4.98 Å². The van der Waals surface area contributed by atoms with Crippen molar-refractivity contribution in [2.75, 3.05) is 39.4 Å². The lowest BCUT2D eigenvalue weighted by atomic mass is 10.1. The van der Waals surface area contributed by atoms with Crippen LogP contribution in [0.4, 0.5) is 0 Å². The topological polar surface area (TPSA) is 80.5 Å². The third-order valence-electron chi connectivity index (χ3n) is 3.98. The van der Waals surface area contributed by atoms with Crippen LogP contribution in [0.5, 0.6) is 0 Å². The summed E-state index contributed by atoms with van der Waals surface area (Å²) >= 11 is 1.48. The predicted molar refractivity (Wildman–Crippen MR) is 92.8 cm³/mol. The first-order chi connectivity index (χ1) is 11.2. The summed E-state index contributed by atoms with van der Waals surface area (Å²) < 4.78 is 5.32. The number of amides is 1. The second-order valence-electron chi connectivity index (χ2n) is 5.88. The molecular weight excluding hydrogens is 312 g/mol. The molecule has 0 radical (unpaired) electrons. The highest BCUT2D eigenvalue weighted by molar-refractivity contribution is 7.09. The number of unbranched alkanes of at least 4 members (excludes halogenated alkanes) is 1. The molecule has 1 fully saturated rings. The van der Waals surface area contributed by atoms with E-state index in [4.69, 9.17) is 10.5 Å². The van der Waals surface area contributed by atoms with Crippen LogP contribution >= 0.6 is 11.3 Å². The Labute approximate surface area is 142 Å². The molecule has 0 spiro atoms. The minimum absolute atomic E-state index is 0.0529. The van der Waals surface area contributed by atoms with E-state index in [9.17, 15) is 4.79 Å². The highest BCUT2D eigenvalue weighted by Crippen LogP contribution is 2.20. The van der Waals surface area contributed by atoms with Crippen molar-refractivity contribution < 1.29 is 9.53 Å². The van der Waals surface area contributed by atoms with Gasteiger partial charge in [0.15, 0.2) is 0 Å². The molecule has 0 saturated carbocycles. The van der Waals surface area contributed by atoms with Crippen LogP contribution < -0.4 is 11.1 Å². The molecular formula is C16H28N4O2S. The normalized spacial score (nSPS) is 17.1. The Morgan fingerprint density at radius 1 is 1.48 bits per heavy atom. The van der Waals surface area contributed by atoms with E-state index in [0.29, 0.717) is 12.2 Å². The van der Waals surface area contributed by atoms with Crippen molar-refractivity contribution in [3.63, 3.8) is 0 Å². The second-order valence-corrected chi connectivity index (χ2v) is 6.77.